The summed E-state index contributed by atoms with van der Waals surface area (Å²) in [5.41, 5.74) is 1.32. The molecule has 0 aliphatic rings. The molecule has 1 N–H and O–H groups in total. The molecule has 0 aliphatic heterocycles. The van der Waals surface area contributed by atoms with Crippen LogP contribution in [0.5, 0.6) is 5.75 Å². The first-order valence-corrected chi connectivity index (χ1v) is 10.1. The Morgan fingerprint density at radius 2 is 2.00 bits per heavy atom. The Morgan fingerprint density at radius 3 is 2.80 bits per heavy atom. The van der Waals surface area contributed by atoms with Crippen LogP contribution in [0, 0.1) is 11.3 Å². The Bertz CT molecular complexity index is 1250. The molecular formula is C23H17N3O3S. The fourth-order valence-electron chi connectivity index (χ4n) is 2.85. The number of hydrogen-bond donors (Lipinski definition) is 1. The number of ether oxygens (including phenoxy) is 1. The predicted octanol–water partition coefficient (Wildman–Crippen LogP) is 5.50. The van der Waals surface area contributed by atoms with Crippen LogP contribution in [-0.4, -0.2) is 17.5 Å². The Morgan fingerprint density at radius 1 is 1.20 bits per heavy atom. The van der Waals surface area contributed by atoms with E-state index >= 15 is 0 Å². The topological polar surface area (TPSA) is 88.1 Å². The average molecular weight is 415 g/mol. The van der Waals surface area contributed by atoms with Crippen LogP contribution < -0.4 is 10.1 Å². The van der Waals surface area contributed by atoms with Crippen LogP contribution in [0.1, 0.15) is 12.7 Å². The standard InChI is InChI=1S/C23H17N3O3S/c1-2-28-19-9-5-3-7-17(19)25-22(27)15(14-24)13-16-11-12-20(29-16)23-26-18-8-4-6-10-21(18)30-23/h3-13H,2H2,1H3,(H,25,27)/b15-13+. The number of para-hydroxylation sites is 3. The zero-order valence-corrected chi connectivity index (χ0v) is 16.9. The van der Waals surface area contributed by atoms with Gasteiger partial charge in [-0.05, 0) is 43.3 Å². The second kappa shape index (κ2) is 8.64. The molecule has 0 spiro atoms. The Labute approximate surface area is 177 Å². The zero-order valence-electron chi connectivity index (χ0n) is 16.1. The summed E-state index contributed by atoms with van der Waals surface area (Å²) in [6.45, 7) is 2.33. The lowest BCUT2D eigenvalue weighted by Gasteiger charge is -2.10. The maximum Gasteiger partial charge on any atom is 0.266 e. The van der Waals surface area contributed by atoms with E-state index in [1.165, 1.54) is 17.4 Å². The number of carbonyl (C=O) groups excluding carboxylic acids is 1. The fourth-order valence-corrected chi connectivity index (χ4v) is 3.78. The minimum atomic E-state index is -0.539. The van der Waals surface area contributed by atoms with Gasteiger partial charge in [-0.25, -0.2) is 4.98 Å². The van der Waals surface area contributed by atoms with E-state index in [0.29, 0.717) is 29.6 Å². The molecule has 2 aromatic heterocycles. The van der Waals surface area contributed by atoms with E-state index in [2.05, 4.69) is 10.3 Å². The first-order valence-electron chi connectivity index (χ1n) is 9.28. The van der Waals surface area contributed by atoms with E-state index in [4.69, 9.17) is 9.15 Å². The van der Waals surface area contributed by atoms with Crippen LogP contribution in [0.15, 0.2) is 70.7 Å². The molecule has 0 saturated carbocycles. The lowest BCUT2D eigenvalue weighted by Crippen LogP contribution is -2.14. The number of thiazole rings is 1. The van der Waals surface area contributed by atoms with Gasteiger partial charge in [-0.2, -0.15) is 5.26 Å². The second-order valence-electron chi connectivity index (χ2n) is 6.24. The summed E-state index contributed by atoms with van der Waals surface area (Å²) in [5.74, 6) is 0.986. The number of anilines is 1. The maximum atomic E-state index is 12.6. The van der Waals surface area contributed by atoms with Gasteiger partial charge in [0.25, 0.3) is 5.91 Å². The summed E-state index contributed by atoms with van der Waals surface area (Å²) < 4.78 is 12.4. The van der Waals surface area contributed by atoms with Crippen LogP contribution in [0.25, 0.3) is 27.1 Å². The minimum absolute atomic E-state index is 0.0773. The highest BCUT2D eigenvalue weighted by molar-refractivity contribution is 7.21. The number of carbonyl (C=O) groups is 1. The number of benzene rings is 2. The number of aromatic nitrogens is 1. The lowest BCUT2D eigenvalue weighted by molar-refractivity contribution is -0.112. The van der Waals surface area contributed by atoms with E-state index in [1.807, 2.05) is 43.3 Å². The molecule has 4 rings (SSSR count). The SMILES string of the molecule is CCOc1ccccc1NC(=O)/C(C#N)=C/c1ccc(-c2nc3ccccc3s2)o1. The van der Waals surface area contributed by atoms with Crippen molar-refractivity contribution in [3.8, 4) is 22.6 Å². The molecule has 0 saturated heterocycles. The predicted molar refractivity (Wildman–Crippen MR) is 117 cm³/mol. The highest BCUT2D eigenvalue weighted by Gasteiger charge is 2.15. The molecule has 1 amide bonds. The molecule has 0 bridgehead atoms. The number of nitriles is 1. The monoisotopic (exact) mass is 415 g/mol. The fraction of sp³-hybridized carbons (Fsp3) is 0.0870. The molecule has 0 unspecified atom stereocenters. The maximum absolute atomic E-state index is 12.6. The number of furan rings is 1. The summed E-state index contributed by atoms with van der Waals surface area (Å²) in [4.78, 5) is 17.1. The molecule has 0 fully saturated rings. The van der Waals surface area contributed by atoms with Gasteiger partial charge in [0.2, 0.25) is 0 Å². The van der Waals surface area contributed by atoms with Gasteiger partial charge in [-0.1, -0.05) is 24.3 Å². The molecule has 2 aromatic carbocycles. The molecule has 2 heterocycles. The highest BCUT2D eigenvalue weighted by Crippen LogP contribution is 2.31. The molecule has 7 heteroatoms. The van der Waals surface area contributed by atoms with Crippen molar-refractivity contribution >= 4 is 39.2 Å². The van der Waals surface area contributed by atoms with Crippen LogP contribution in [0.2, 0.25) is 0 Å². The van der Waals surface area contributed by atoms with Gasteiger partial charge < -0.3 is 14.5 Å². The van der Waals surface area contributed by atoms with Crippen LogP contribution in [-0.2, 0) is 4.79 Å². The average Bonchev–Trinajstić information content (AvgIpc) is 3.40. The normalized spacial score (nSPS) is 11.3. The third-order valence-electron chi connectivity index (χ3n) is 4.22. The summed E-state index contributed by atoms with van der Waals surface area (Å²) in [5, 5.41) is 12.9. The van der Waals surface area contributed by atoms with E-state index in [9.17, 15) is 10.1 Å². The van der Waals surface area contributed by atoms with Crippen molar-refractivity contribution in [2.75, 3.05) is 11.9 Å². The second-order valence-corrected chi connectivity index (χ2v) is 7.27. The quantitative estimate of drug-likeness (QED) is 0.332. The van der Waals surface area contributed by atoms with E-state index in [1.54, 1.807) is 30.3 Å². The number of nitrogens with zero attached hydrogens (tertiary/aromatic N) is 2. The van der Waals surface area contributed by atoms with E-state index in [-0.39, 0.29) is 5.57 Å². The molecule has 6 nitrogen and oxygen atoms in total. The number of amides is 1. The largest absolute Gasteiger partial charge is 0.492 e. The molecule has 0 radical (unpaired) electrons. The van der Waals surface area contributed by atoms with Gasteiger partial charge in [0, 0.05) is 6.08 Å². The molecule has 0 atom stereocenters. The van der Waals surface area contributed by atoms with Gasteiger partial charge in [-0.15, -0.1) is 11.3 Å². The smallest absolute Gasteiger partial charge is 0.266 e. The highest BCUT2D eigenvalue weighted by atomic mass is 32.1. The van der Waals surface area contributed by atoms with Crippen molar-refractivity contribution in [3.63, 3.8) is 0 Å². The Balaban J connectivity index is 1.56. The zero-order chi connectivity index (χ0) is 20.9. The van der Waals surface area contributed by atoms with Gasteiger partial charge in [0.1, 0.15) is 23.2 Å². The van der Waals surface area contributed by atoms with Crippen LogP contribution in [0.3, 0.4) is 0 Å². The van der Waals surface area contributed by atoms with E-state index in [0.717, 1.165) is 15.2 Å². The number of nitrogens with one attached hydrogen (secondary N) is 1. The summed E-state index contributed by atoms with van der Waals surface area (Å²) in [6.07, 6.45) is 1.41. The third kappa shape index (κ3) is 4.09. The van der Waals surface area contributed by atoms with Crippen molar-refractivity contribution in [2.45, 2.75) is 6.92 Å². The first kappa shape index (κ1) is 19.4. The molecule has 0 aliphatic carbocycles. The lowest BCUT2D eigenvalue weighted by atomic mass is 10.2. The number of hydrogen-bond acceptors (Lipinski definition) is 6. The third-order valence-corrected chi connectivity index (χ3v) is 5.27. The summed E-state index contributed by atoms with van der Waals surface area (Å²) in [7, 11) is 0. The molecule has 4 aromatic rings. The van der Waals surface area contributed by atoms with Gasteiger partial charge in [0.15, 0.2) is 10.8 Å². The van der Waals surface area contributed by atoms with Crippen molar-refractivity contribution in [2.24, 2.45) is 0 Å². The summed E-state index contributed by atoms with van der Waals surface area (Å²) >= 11 is 1.52. The van der Waals surface area contributed by atoms with E-state index < -0.39 is 5.91 Å². The number of rotatable bonds is 6. The van der Waals surface area contributed by atoms with Crippen molar-refractivity contribution < 1.29 is 13.9 Å². The van der Waals surface area contributed by atoms with Crippen LogP contribution in [0.4, 0.5) is 5.69 Å². The molecule has 148 valence electrons. The molecular weight excluding hydrogens is 398 g/mol. The Hall–Kier alpha value is -3.89. The minimum Gasteiger partial charge on any atom is -0.492 e. The van der Waals surface area contributed by atoms with Gasteiger partial charge >= 0.3 is 0 Å². The molecule has 30 heavy (non-hydrogen) atoms. The van der Waals surface area contributed by atoms with Crippen LogP contribution >= 0.6 is 11.3 Å². The van der Waals surface area contributed by atoms with Crippen molar-refractivity contribution in [1.29, 1.82) is 5.26 Å². The van der Waals surface area contributed by atoms with Crippen molar-refractivity contribution in [3.05, 3.63) is 72.0 Å². The Kier molecular flexibility index (Phi) is 5.59. The number of fused-ring (bicyclic) bond motifs is 1. The first-order chi connectivity index (χ1) is 14.7. The summed E-state index contributed by atoms with van der Waals surface area (Å²) in [6, 6.07) is 20.3. The van der Waals surface area contributed by atoms with Gasteiger partial charge in [0.05, 0.1) is 22.5 Å². The van der Waals surface area contributed by atoms with Gasteiger partial charge in [-0.3, -0.25) is 4.79 Å². The van der Waals surface area contributed by atoms with Crippen molar-refractivity contribution in [1.82, 2.24) is 4.98 Å².